The minimum Gasteiger partial charge on any atom is -0.388 e. The lowest BCUT2D eigenvalue weighted by Gasteiger charge is -2.41. The van der Waals surface area contributed by atoms with Gasteiger partial charge >= 0.3 is 0 Å². The minimum absolute atomic E-state index is 0.446. The molecule has 0 aliphatic heterocycles. The number of hydrogen-bond donors (Lipinski definition) is 1. The van der Waals surface area contributed by atoms with Crippen LogP contribution in [0.3, 0.4) is 0 Å². The van der Waals surface area contributed by atoms with Crippen molar-refractivity contribution in [3.05, 3.63) is 0 Å². The van der Waals surface area contributed by atoms with Gasteiger partial charge in [0.2, 0.25) is 0 Å². The quantitative estimate of drug-likeness (QED) is 0.751. The van der Waals surface area contributed by atoms with Crippen LogP contribution in [0.15, 0.2) is 0 Å². The van der Waals surface area contributed by atoms with Crippen molar-refractivity contribution in [3.8, 4) is 6.07 Å². The molecule has 0 amide bonds. The van der Waals surface area contributed by atoms with E-state index in [0.717, 1.165) is 44.9 Å². The molecule has 2 nitrogen and oxygen atoms in total. The van der Waals surface area contributed by atoms with E-state index in [4.69, 9.17) is 0 Å². The molecule has 1 N–H and O–H groups in total. The third kappa shape index (κ3) is 2.36. The van der Waals surface area contributed by atoms with Crippen molar-refractivity contribution in [2.45, 2.75) is 76.7 Å². The molecule has 0 aromatic carbocycles. The maximum Gasteiger partial charge on any atom is 0.0860 e. The summed E-state index contributed by atoms with van der Waals surface area (Å²) in [6.45, 7) is 2.20. The fraction of sp³-hybridized carbons (Fsp3) is 0.933. The van der Waals surface area contributed by atoms with E-state index in [1.807, 2.05) is 0 Å². The largest absolute Gasteiger partial charge is 0.388 e. The maximum absolute atomic E-state index is 10.9. The third-order valence-electron chi connectivity index (χ3n) is 5.05. The normalized spacial score (nSPS) is 38.1. The molecule has 0 aromatic rings. The summed E-state index contributed by atoms with van der Waals surface area (Å²) in [7, 11) is 0. The summed E-state index contributed by atoms with van der Waals surface area (Å²) >= 11 is 0. The van der Waals surface area contributed by atoms with E-state index in [-0.39, 0.29) is 0 Å². The van der Waals surface area contributed by atoms with E-state index in [2.05, 4.69) is 13.0 Å². The summed E-state index contributed by atoms with van der Waals surface area (Å²) in [4.78, 5) is 0. The third-order valence-corrected chi connectivity index (χ3v) is 5.05. The Hall–Kier alpha value is -0.550. The molecule has 0 radical (unpaired) electrons. The zero-order valence-corrected chi connectivity index (χ0v) is 11.0. The highest BCUT2D eigenvalue weighted by Crippen LogP contribution is 2.51. The van der Waals surface area contributed by atoms with Crippen molar-refractivity contribution in [2.24, 2.45) is 11.3 Å². The summed E-state index contributed by atoms with van der Waals surface area (Å²) in [5, 5.41) is 20.6. The molecular formula is C15H25NO. The first kappa shape index (κ1) is 12.9. The van der Waals surface area contributed by atoms with Gasteiger partial charge in [0.25, 0.3) is 0 Å². The molecule has 96 valence electrons. The number of nitriles is 1. The number of hydrogen-bond acceptors (Lipinski definition) is 2. The van der Waals surface area contributed by atoms with E-state index in [0.29, 0.717) is 5.92 Å². The second-order valence-electron chi connectivity index (χ2n) is 6.34. The van der Waals surface area contributed by atoms with Gasteiger partial charge in [-0.2, -0.15) is 5.26 Å². The summed E-state index contributed by atoms with van der Waals surface area (Å²) in [6, 6.07) is 2.54. The van der Waals surface area contributed by atoms with Crippen LogP contribution in [0.4, 0.5) is 0 Å². The van der Waals surface area contributed by atoms with E-state index in [1.165, 1.54) is 19.3 Å². The first-order valence-electron chi connectivity index (χ1n) is 7.26. The molecule has 2 atom stereocenters. The number of rotatable bonds is 1. The van der Waals surface area contributed by atoms with Crippen LogP contribution in [0.2, 0.25) is 0 Å². The first-order valence-corrected chi connectivity index (χ1v) is 7.26. The van der Waals surface area contributed by atoms with Gasteiger partial charge in [0, 0.05) is 0 Å². The molecule has 0 bridgehead atoms. The van der Waals surface area contributed by atoms with Crippen molar-refractivity contribution in [3.63, 3.8) is 0 Å². The Morgan fingerprint density at radius 1 is 1.06 bits per heavy atom. The molecule has 2 aliphatic rings. The number of nitrogens with zero attached hydrogens (tertiary/aromatic N) is 1. The van der Waals surface area contributed by atoms with Crippen molar-refractivity contribution >= 4 is 0 Å². The van der Waals surface area contributed by atoms with Crippen LogP contribution in [0.1, 0.15) is 71.1 Å². The van der Waals surface area contributed by atoms with Gasteiger partial charge in [-0.15, -0.1) is 0 Å². The zero-order chi connectivity index (χ0) is 12.4. The highest BCUT2D eigenvalue weighted by Gasteiger charge is 2.52. The Morgan fingerprint density at radius 3 is 2.12 bits per heavy atom. The summed E-state index contributed by atoms with van der Waals surface area (Å²) < 4.78 is 0. The average Bonchev–Trinajstić information content (AvgIpc) is 2.60. The van der Waals surface area contributed by atoms with Crippen LogP contribution >= 0.6 is 0 Å². The van der Waals surface area contributed by atoms with Gasteiger partial charge in [-0.25, -0.2) is 0 Å². The van der Waals surface area contributed by atoms with Crippen LogP contribution in [-0.2, 0) is 0 Å². The van der Waals surface area contributed by atoms with Crippen LogP contribution in [0.5, 0.6) is 0 Å². The predicted molar refractivity (Wildman–Crippen MR) is 68.3 cm³/mol. The van der Waals surface area contributed by atoms with Gasteiger partial charge in [0.05, 0.1) is 17.1 Å². The molecule has 0 aromatic heterocycles. The lowest BCUT2D eigenvalue weighted by Crippen LogP contribution is -2.46. The summed E-state index contributed by atoms with van der Waals surface area (Å²) in [5.41, 5.74) is -1.14. The van der Waals surface area contributed by atoms with E-state index >= 15 is 0 Å². The molecule has 2 rings (SSSR count). The van der Waals surface area contributed by atoms with Gasteiger partial charge < -0.3 is 5.11 Å². The second-order valence-corrected chi connectivity index (χ2v) is 6.34. The molecule has 2 fully saturated rings. The van der Waals surface area contributed by atoms with E-state index in [1.54, 1.807) is 0 Å². The fourth-order valence-corrected chi connectivity index (χ4v) is 3.89. The highest BCUT2D eigenvalue weighted by atomic mass is 16.3. The molecule has 0 spiro atoms. The summed E-state index contributed by atoms with van der Waals surface area (Å²) in [6.07, 6.45) is 10.6. The van der Waals surface area contributed by atoms with Crippen LogP contribution in [-0.4, -0.2) is 10.7 Å². The lowest BCUT2D eigenvalue weighted by atomic mass is 9.64. The van der Waals surface area contributed by atoms with Gasteiger partial charge in [-0.05, 0) is 38.0 Å². The Labute approximate surface area is 105 Å². The molecule has 2 saturated carbocycles. The highest BCUT2D eigenvalue weighted by molar-refractivity contribution is 5.13. The SMILES string of the molecule is CC1CCC(O)(C2(C#N)CCCCCCC2)C1. The maximum atomic E-state index is 10.9. The predicted octanol–water partition coefficient (Wildman–Crippen LogP) is 3.79. The second kappa shape index (κ2) is 4.98. The molecule has 2 aliphatic carbocycles. The zero-order valence-electron chi connectivity index (χ0n) is 11.0. The van der Waals surface area contributed by atoms with Crippen molar-refractivity contribution in [1.82, 2.24) is 0 Å². The molecule has 0 saturated heterocycles. The van der Waals surface area contributed by atoms with Crippen LogP contribution < -0.4 is 0 Å². The van der Waals surface area contributed by atoms with Crippen LogP contribution in [0, 0.1) is 22.7 Å². The monoisotopic (exact) mass is 235 g/mol. The van der Waals surface area contributed by atoms with E-state index < -0.39 is 11.0 Å². The molecule has 17 heavy (non-hydrogen) atoms. The van der Waals surface area contributed by atoms with Crippen molar-refractivity contribution < 1.29 is 5.11 Å². The van der Waals surface area contributed by atoms with Crippen LogP contribution in [0.25, 0.3) is 0 Å². The standard InChI is InChI=1S/C15H25NO/c1-13-7-10-15(17,11-13)14(12-16)8-5-3-2-4-6-9-14/h13,17H,2-11H2,1H3. The topological polar surface area (TPSA) is 44.0 Å². The van der Waals surface area contributed by atoms with Gasteiger partial charge in [0.15, 0.2) is 0 Å². The van der Waals surface area contributed by atoms with Crippen molar-refractivity contribution in [1.29, 1.82) is 5.26 Å². The average molecular weight is 235 g/mol. The van der Waals surface area contributed by atoms with Gasteiger partial charge in [0.1, 0.15) is 0 Å². The number of aliphatic hydroxyl groups is 1. The minimum atomic E-state index is -0.696. The molecular weight excluding hydrogens is 210 g/mol. The van der Waals surface area contributed by atoms with Crippen molar-refractivity contribution in [2.75, 3.05) is 0 Å². The Kier molecular flexibility index (Phi) is 3.78. The Morgan fingerprint density at radius 2 is 1.65 bits per heavy atom. The fourth-order valence-electron chi connectivity index (χ4n) is 3.89. The molecule has 2 unspecified atom stereocenters. The molecule has 0 heterocycles. The summed E-state index contributed by atoms with van der Waals surface area (Å²) in [5.74, 6) is 0.579. The Bertz CT molecular complexity index is 299. The lowest BCUT2D eigenvalue weighted by molar-refractivity contribution is -0.0643. The van der Waals surface area contributed by atoms with E-state index in [9.17, 15) is 10.4 Å². The van der Waals surface area contributed by atoms with Gasteiger partial charge in [-0.3, -0.25) is 0 Å². The smallest absolute Gasteiger partial charge is 0.0860 e. The van der Waals surface area contributed by atoms with Gasteiger partial charge in [-0.1, -0.05) is 39.0 Å². The first-order chi connectivity index (χ1) is 8.12. The Balaban J connectivity index is 2.19. The molecule has 2 heteroatoms.